The Hall–Kier alpha value is -2.00. The van der Waals surface area contributed by atoms with Crippen molar-refractivity contribution in [3.05, 3.63) is 54.6 Å². The Morgan fingerprint density at radius 1 is 0.840 bits per heavy atom. The Morgan fingerprint density at radius 3 is 2.12 bits per heavy atom. The first-order chi connectivity index (χ1) is 12.2. The molecule has 1 heterocycles. The van der Waals surface area contributed by atoms with Crippen molar-refractivity contribution in [3.8, 4) is 17.2 Å². The molecule has 2 atom stereocenters. The maximum atomic E-state index is 5.87. The van der Waals surface area contributed by atoms with Gasteiger partial charge >= 0.3 is 0 Å². The van der Waals surface area contributed by atoms with Crippen molar-refractivity contribution in [3.63, 3.8) is 0 Å². The van der Waals surface area contributed by atoms with E-state index in [2.05, 4.69) is 18.7 Å². The molecule has 1 aliphatic heterocycles. The Kier molecular flexibility index (Phi) is 6.35. The van der Waals surface area contributed by atoms with Gasteiger partial charge in [-0.15, -0.1) is 0 Å². The zero-order valence-electron chi connectivity index (χ0n) is 15.4. The zero-order valence-corrected chi connectivity index (χ0v) is 15.4. The van der Waals surface area contributed by atoms with Crippen molar-refractivity contribution in [1.82, 2.24) is 4.90 Å². The summed E-state index contributed by atoms with van der Waals surface area (Å²) in [5.74, 6) is 4.22. The van der Waals surface area contributed by atoms with Crippen molar-refractivity contribution in [2.75, 3.05) is 26.2 Å². The Balaban J connectivity index is 1.38. The van der Waals surface area contributed by atoms with E-state index in [0.29, 0.717) is 0 Å². The van der Waals surface area contributed by atoms with E-state index in [4.69, 9.17) is 9.47 Å². The van der Waals surface area contributed by atoms with Crippen LogP contribution in [0.4, 0.5) is 0 Å². The van der Waals surface area contributed by atoms with Gasteiger partial charge in [0.15, 0.2) is 0 Å². The Bertz CT molecular complexity index is 616. The van der Waals surface area contributed by atoms with Gasteiger partial charge in [0.25, 0.3) is 0 Å². The summed E-state index contributed by atoms with van der Waals surface area (Å²) in [6, 6.07) is 17.7. The van der Waals surface area contributed by atoms with Crippen LogP contribution < -0.4 is 9.47 Å². The van der Waals surface area contributed by atoms with E-state index in [1.807, 2.05) is 54.6 Å². The first kappa shape index (κ1) is 17.8. The van der Waals surface area contributed by atoms with Crippen molar-refractivity contribution in [1.29, 1.82) is 0 Å². The molecule has 0 bridgehead atoms. The van der Waals surface area contributed by atoms with Crippen molar-refractivity contribution in [2.45, 2.75) is 26.7 Å². The number of ether oxygens (including phenoxy) is 2. The first-order valence-electron chi connectivity index (χ1n) is 9.37. The van der Waals surface area contributed by atoms with Crippen LogP contribution in [-0.4, -0.2) is 31.1 Å². The molecule has 3 nitrogen and oxygen atoms in total. The lowest BCUT2D eigenvalue weighted by atomic mass is 9.92. The van der Waals surface area contributed by atoms with Crippen LogP contribution in [0.5, 0.6) is 17.2 Å². The quantitative estimate of drug-likeness (QED) is 0.645. The van der Waals surface area contributed by atoms with Gasteiger partial charge in [-0.3, -0.25) is 0 Å². The standard InChI is InChI=1S/C22H29NO2/c1-18-15-19(2)17-23(16-18)13-6-14-24-20-9-11-22(12-10-20)25-21-7-4-3-5-8-21/h3-5,7-12,18-19H,6,13-17H2,1-2H3/t18-,19-/m1/s1. The highest BCUT2D eigenvalue weighted by molar-refractivity contribution is 5.35. The van der Waals surface area contributed by atoms with Crippen molar-refractivity contribution >= 4 is 0 Å². The van der Waals surface area contributed by atoms with Crippen molar-refractivity contribution < 1.29 is 9.47 Å². The van der Waals surface area contributed by atoms with E-state index < -0.39 is 0 Å². The molecule has 0 spiro atoms. The fourth-order valence-corrected chi connectivity index (χ4v) is 3.68. The third-order valence-electron chi connectivity index (χ3n) is 4.63. The van der Waals surface area contributed by atoms with Gasteiger partial charge in [-0.1, -0.05) is 32.0 Å². The molecule has 1 saturated heterocycles. The van der Waals surface area contributed by atoms with E-state index in [1.165, 1.54) is 19.5 Å². The number of para-hydroxylation sites is 1. The van der Waals surface area contributed by atoms with Crippen molar-refractivity contribution in [2.24, 2.45) is 11.8 Å². The van der Waals surface area contributed by atoms with Gasteiger partial charge in [0.1, 0.15) is 17.2 Å². The van der Waals surface area contributed by atoms with Crippen LogP contribution in [0.2, 0.25) is 0 Å². The molecule has 134 valence electrons. The van der Waals surface area contributed by atoms with Crippen LogP contribution >= 0.6 is 0 Å². The van der Waals surface area contributed by atoms with Crippen LogP contribution in [0.25, 0.3) is 0 Å². The predicted octanol–water partition coefficient (Wildman–Crippen LogP) is 5.23. The molecule has 3 heteroatoms. The summed E-state index contributed by atoms with van der Waals surface area (Å²) in [7, 11) is 0. The van der Waals surface area contributed by atoms with Gasteiger partial charge in [-0.05, 0) is 61.1 Å². The van der Waals surface area contributed by atoms with Gasteiger partial charge in [-0.2, -0.15) is 0 Å². The number of hydrogen-bond donors (Lipinski definition) is 0. The van der Waals surface area contributed by atoms with E-state index >= 15 is 0 Å². The number of likely N-dealkylation sites (tertiary alicyclic amines) is 1. The van der Waals surface area contributed by atoms with Crippen LogP contribution in [0.15, 0.2) is 54.6 Å². The Morgan fingerprint density at radius 2 is 1.44 bits per heavy atom. The normalized spacial score (nSPS) is 21.0. The number of piperidine rings is 1. The molecule has 0 N–H and O–H groups in total. The monoisotopic (exact) mass is 339 g/mol. The molecule has 0 aliphatic carbocycles. The van der Waals surface area contributed by atoms with Gasteiger partial charge < -0.3 is 14.4 Å². The third-order valence-corrected chi connectivity index (χ3v) is 4.63. The number of rotatable bonds is 7. The van der Waals surface area contributed by atoms with Crippen LogP contribution in [0.1, 0.15) is 26.7 Å². The minimum Gasteiger partial charge on any atom is -0.494 e. The minimum absolute atomic E-state index is 0.762. The summed E-state index contributed by atoms with van der Waals surface area (Å²) in [6.45, 7) is 9.07. The van der Waals surface area contributed by atoms with E-state index in [9.17, 15) is 0 Å². The topological polar surface area (TPSA) is 21.7 Å². The second-order valence-corrected chi connectivity index (χ2v) is 7.29. The molecule has 0 amide bonds. The minimum atomic E-state index is 0.762. The van der Waals surface area contributed by atoms with Gasteiger partial charge in [-0.25, -0.2) is 0 Å². The predicted molar refractivity (Wildman–Crippen MR) is 102 cm³/mol. The summed E-state index contributed by atoms with van der Waals surface area (Å²) < 4.78 is 11.7. The maximum Gasteiger partial charge on any atom is 0.127 e. The molecule has 0 radical (unpaired) electrons. The van der Waals surface area contributed by atoms with Crippen LogP contribution in [-0.2, 0) is 0 Å². The fourth-order valence-electron chi connectivity index (χ4n) is 3.68. The third kappa shape index (κ3) is 5.79. The fraction of sp³-hybridized carbons (Fsp3) is 0.455. The maximum absolute atomic E-state index is 5.87. The molecule has 2 aromatic rings. The van der Waals surface area contributed by atoms with E-state index in [1.54, 1.807) is 0 Å². The summed E-state index contributed by atoms with van der Waals surface area (Å²) in [4.78, 5) is 2.58. The van der Waals surface area contributed by atoms with Gasteiger partial charge in [0.05, 0.1) is 6.61 Å². The molecule has 0 aromatic heterocycles. The second-order valence-electron chi connectivity index (χ2n) is 7.29. The molecule has 0 saturated carbocycles. The highest BCUT2D eigenvalue weighted by atomic mass is 16.5. The smallest absolute Gasteiger partial charge is 0.127 e. The average molecular weight is 339 g/mol. The SMILES string of the molecule is C[C@@H]1C[C@@H](C)CN(CCCOc2ccc(Oc3ccccc3)cc2)C1. The second kappa shape index (κ2) is 8.91. The van der Waals surface area contributed by atoms with E-state index in [0.717, 1.165) is 48.7 Å². The highest BCUT2D eigenvalue weighted by Gasteiger charge is 2.20. The highest BCUT2D eigenvalue weighted by Crippen LogP contribution is 2.24. The average Bonchev–Trinajstić information content (AvgIpc) is 2.60. The lowest BCUT2D eigenvalue weighted by Gasteiger charge is -2.34. The zero-order chi connectivity index (χ0) is 17.5. The summed E-state index contributed by atoms with van der Waals surface area (Å²) in [6.07, 6.45) is 2.44. The Labute approximate surface area is 151 Å². The molecule has 1 aliphatic rings. The number of hydrogen-bond acceptors (Lipinski definition) is 3. The lowest BCUT2D eigenvalue weighted by Crippen LogP contribution is -2.39. The van der Waals surface area contributed by atoms with Gasteiger partial charge in [0.2, 0.25) is 0 Å². The largest absolute Gasteiger partial charge is 0.494 e. The summed E-state index contributed by atoms with van der Waals surface area (Å²) >= 11 is 0. The molecule has 2 aromatic carbocycles. The number of benzene rings is 2. The number of nitrogens with zero attached hydrogens (tertiary/aromatic N) is 1. The molecular weight excluding hydrogens is 310 g/mol. The van der Waals surface area contributed by atoms with E-state index in [-0.39, 0.29) is 0 Å². The molecule has 0 unspecified atom stereocenters. The van der Waals surface area contributed by atoms with Crippen LogP contribution in [0.3, 0.4) is 0 Å². The molecule has 3 rings (SSSR count). The summed E-state index contributed by atoms with van der Waals surface area (Å²) in [5, 5.41) is 0. The molecule has 1 fully saturated rings. The summed E-state index contributed by atoms with van der Waals surface area (Å²) in [5.41, 5.74) is 0. The van der Waals surface area contributed by atoms with Crippen LogP contribution in [0, 0.1) is 11.8 Å². The lowest BCUT2D eigenvalue weighted by molar-refractivity contribution is 0.132. The van der Waals surface area contributed by atoms with Gasteiger partial charge in [0, 0.05) is 19.6 Å². The first-order valence-corrected chi connectivity index (χ1v) is 9.37. The molecular formula is C22H29NO2. The molecule has 25 heavy (non-hydrogen) atoms.